The first kappa shape index (κ1) is 15.2. The smallest absolute Gasteiger partial charge is 0.270 e. The molecule has 1 aromatic heterocycles. The molecule has 1 atom stereocenters. The van der Waals surface area contributed by atoms with Gasteiger partial charge in [-0.1, -0.05) is 30.3 Å². The van der Waals surface area contributed by atoms with E-state index in [4.69, 9.17) is 5.73 Å². The highest BCUT2D eigenvalue weighted by molar-refractivity contribution is 9.10. The number of hydrogen-bond donors (Lipinski definition) is 2. The zero-order valence-electron chi connectivity index (χ0n) is 11.3. The van der Waals surface area contributed by atoms with E-state index in [9.17, 15) is 9.59 Å². The second-order valence-corrected chi connectivity index (χ2v) is 5.59. The molecule has 0 saturated carbocycles. The maximum absolute atomic E-state index is 12.3. The normalized spacial score (nSPS) is 13.2. The van der Waals surface area contributed by atoms with Crippen molar-refractivity contribution in [2.45, 2.75) is 12.5 Å². The van der Waals surface area contributed by atoms with Crippen molar-refractivity contribution in [1.82, 2.24) is 10.3 Å². The second kappa shape index (κ2) is 6.05. The van der Waals surface area contributed by atoms with E-state index in [2.05, 4.69) is 26.2 Å². The molecule has 5 nitrogen and oxygen atoms in total. The fourth-order valence-corrected chi connectivity index (χ4v) is 2.08. The van der Waals surface area contributed by atoms with Crippen molar-refractivity contribution in [3.63, 3.8) is 0 Å². The Bertz CT molecular complexity index is 658. The summed E-state index contributed by atoms with van der Waals surface area (Å²) in [7, 11) is 0. The first-order chi connectivity index (χ1) is 9.93. The van der Waals surface area contributed by atoms with Crippen LogP contribution in [-0.2, 0) is 10.3 Å². The Labute approximate surface area is 130 Å². The van der Waals surface area contributed by atoms with E-state index in [1.165, 1.54) is 6.20 Å². The van der Waals surface area contributed by atoms with Crippen molar-refractivity contribution in [3.05, 3.63) is 64.4 Å². The first-order valence-electron chi connectivity index (χ1n) is 6.23. The number of nitrogens with zero attached hydrogens (tertiary/aromatic N) is 1. The maximum Gasteiger partial charge on any atom is 0.270 e. The van der Waals surface area contributed by atoms with E-state index in [0.29, 0.717) is 5.56 Å². The first-order valence-corrected chi connectivity index (χ1v) is 7.02. The molecule has 108 valence electrons. The molecular formula is C15H14BrN3O2. The van der Waals surface area contributed by atoms with Crippen LogP contribution in [0, 0.1) is 0 Å². The molecule has 0 unspecified atom stereocenters. The predicted octanol–water partition coefficient (Wildman–Crippen LogP) is 1.97. The number of benzene rings is 1. The maximum atomic E-state index is 12.3. The molecule has 2 aromatic rings. The van der Waals surface area contributed by atoms with E-state index >= 15 is 0 Å². The number of pyridine rings is 1. The van der Waals surface area contributed by atoms with Crippen LogP contribution >= 0.6 is 15.9 Å². The highest BCUT2D eigenvalue weighted by Crippen LogP contribution is 2.20. The Kier molecular flexibility index (Phi) is 4.37. The lowest BCUT2D eigenvalue weighted by Gasteiger charge is -2.27. The second-order valence-electron chi connectivity index (χ2n) is 4.67. The van der Waals surface area contributed by atoms with Crippen molar-refractivity contribution in [3.8, 4) is 0 Å². The number of aromatic nitrogens is 1. The lowest BCUT2D eigenvalue weighted by atomic mass is 9.91. The molecule has 6 heteroatoms. The van der Waals surface area contributed by atoms with Crippen LogP contribution in [0.4, 0.5) is 0 Å². The summed E-state index contributed by atoms with van der Waals surface area (Å²) in [6, 6.07) is 12.1. The minimum atomic E-state index is -1.30. The van der Waals surface area contributed by atoms with Gasteiger partial charge in [-0.05, 0) is 40.5 Å². The number of rotatable bonds is 4. The summed E-state index contributed by atoms with van der Waals surface area (Å²) in [4.78, 5) is 28.1. The summed E-state index contributed by atoms with van der Waals surface area (Å²) < 4.78 is 0.764. The van der Waals surface area contributed by atoms with E-state index in [1.54, 1.807) is 43.3 Å². The molecule has 0 aliphatic heterocycles. The largest absolute Gasteiger partial charge is 0.367 e. The number of amides is 2. The van der Waals surface area contributed by atoms with Crippen LogP contribution in [0.15, 0.2) is 53.1 Å². The molecule has 1 aromatic carbocycles. The fraction of sp³-hybridized carbons (Fsp3) is 0.133. The number of carbonyl (C=O) groups excluding carboxylic acids is 2. The van der Waals surface area contributed by atoms with Crippen LogP contribution in [0.3, 0.4) is 0 Å². The molecule has 0 fully saturated rings. The van der Waals surface area contributed by atoms with Gasteiger partial charge >= 0.3 is 0 Å². The molecule has 0 bridgehead atoms. The van der Waals surface area contributed by atoms with Gasteiger partial charge in [-0.15, -0.1) is 0 Å². The van der Waals surface area contributed by atoms with Gasteiger partial charge in [-0.2, -0.15) is 0 Å². The van der Waals surface area contributed by atoms with Crippen LogP contribution in [0.25, 0.3) is 0 Å². The zero-order chi connectivity index (χ0) is 15.5. The van der Waals surface area contributed by atoms with E-state index < -0.39 is 17.4 Å². The highest BCUT2D eigenvalue weighted by atomic mass is 79.9. The molecule has 1 heterocycles. The Morgan fingerprint density at radius 3 is 2.38 bits per heavy atom. The van der Waals surface area contributed by atoms with Crippen molar-refractivity contribution < 1.29 is 9.59 Å². The third-order valence-electron chi connectivity index (χ3n) is 3.17. The summed E-state index contributed by atoms with van der Waals surface area (Å²) in [5.41, 5.74) is 5.00. The van der Waals surface area contributed by atoms with Crippen LogP contribution in [0.2, 0.25) is 0 Å². The highest BCUT2D eigenvalue weighted by Gasteiger charge is 2.35. The average Bonchev–Trinajstić information content (AvgIpc) is 2.48. The molecular weight excluding hydrogens is 334 g/mol. The lowest BCUT2D eigenvalue weighted by molar-refractivity contribution is -0.123. The van der Waals surface area contributed by atoms with Gasteiger partial charge < -0.3 is 11.1 Å². The minimum Gasteiger partial charge on any atom is -0.367 e. The van der Waals surface area contributed by atoms with Crippen molar-refractivity contribution >= 4 is 27.7 Å². The van der Waals surface area contributed by atoms with Crippen molar-refractivity contribution in [2.75, 3.05) is 0 Å². The zero-order valence-corrected chi connectivity index (χ0v) is 12.9. The van der Waals surface area contributed by atoms with Gasteiger partial charge in [-0.3, -0.25) is 9.59 Å². The van der Waals surface area contributed by atoms with Crippen LogP contribution < -0.4 is 11.1 Å². The summed E-state index contributed by atoms with van der Waals surface area (Å²) in [5.74, 6) is -1.10. The van der Waals surface area contributed by atoms with E-state index in [-0.39, 0.29) is 5.69 Å². The molecule has 2 amide bonds. The molecule has 2 rings (SSSR count). The minimum absolute atomic E-state index is 0.210. The third kappa shape index (κ3) is 3.28. The van der Waals surface area contributed by atoms with Gasteiger partial charge in [0.05, 0.1) is 0 Å². The summed E-state index contributed by atoms with van der Waals surface area (Å²) in [6.07, 6.45) is 1.51. The number of carbonyl (C=O) groups is 2. The van der Waals surface area contributed by atoms with E-state index in [1.807, 2.05) is 6.07 Å². The number of halogens is 1. The Hall–Kier alpha value is -2.21. The van der Waals surface area contributed by atoms with Crippen LogP contribution in [-0.4, -0.2) is 16.8 Å². The number of nitrogens with two attached hydrogens (primary N) is 1. The topological polar surface area (TPSA) is 85.1 Å². The van der Waals surface area contributed by atoms with E-state index in [0.717, 1.165) is 4.47 Å². The number of hydrogen-bond acceptors (Lipinski definition) is 3. The van der Waals surface area contributed by atoms with Gasteiger partial charge in [0.1, 0.15) is 11.2 Å². The lowest BCUT2D eigenvalue weighted by Crippen LogP contribution is -2.52. The molecule has 3 N–H and O–H groups in total. The standard InChI is InChI=1S/C15H14BrN3O2/c1-15(14(17)21,10-5-3-2-4-6-10)19-13(20)12-8-7-11(16)9-18-12/h2-9H,1H3,(H2,17,21)(H,19,20)/t15-/m1/s1. The van der Waals surface area contributed by atoms with Crippen LogP contribution in [0.5, 0.6) is 0 Å². The summed E-state index contributed by atoms with van der Waals surface area (Å²) in [5, 5.41) is 2.65. The SMILES string of the molecule is C[C@](NC(=O)c1ccc(Br)cn1)(C(N)=O)c1ccccc1. The Balaban J connectivity index is 2.31. The van der Waals surface area contributed by atoms with Crippen LogP contribution in [0.1, 0.15) is 23.0 Å². The third-order valence-corrected chi connectivity index (χ3v) is 3.64. The molecule has 21 heavy (non-hydrogen) atoms. The van der Waals surface area contributed by atoms with Gasteiger partial charge in [0.25, 0.3) is 5.91 Å². The van der Waals surface area contributed by atoms with Crippen molar-refractivity contribution in [2.24, 2.45) is 5.73 Å². The molecule has 0 aliphatic carbocycles. The molecule has 0 radical (unpaired) electrons. The molecule has 0 spiro atoms. The Morgan fingerprint density at radius 2 is 1.86 bits per heavy atom. The van der Waals surface area contributed by atoms with Gasteiger partial charge in [0, 0.05) is 10.7 Å². The Morgan fingerprint density at radius 1 is 1.19 bits per heavy atom. The predicted molar refractivity (Wildman–Crippen MR) is 82.4 cm³/mol. The number of primary amides is 1. The average molecular weight is 348 g/mol. The van der Waals surface area contributed by atoms with Crippen molar-refractivity contribution in [1.29, 1.82) is 0 Å². The van der Waals surface area contributed by atoms with Gasteiger partial charge in [0.2, 0.25) is 5.91 Å². The molecule has 0 saturated heterocycles. The molecule has 0 aliphatic rings. The number of nitrogens with one attached hydrogen (secondary N) is 1. The monoisotopic (exact) mass is 347 g/mol. The van der Waals surface area contributed by atoms with Gasteiger partial charge in [-0.25, -0.2) is 4.98 Å². The quantitative estimate of drug-likeness (QED) is 0.886. The summed E-state index contributed by atoms with van der Waals surface area (Å²) >= 11 is 3.25. The van der Waals surface area contributed by atoms with Gasteiger partial charge in [0.15, 0.2) is 0 Å². The summed E-state index contributed by atoms with van der Waals surface area (Å²) in [6.45, 7) is 1.57. The fourth-order valence-electron chi connectivity index (χ4n) is 1.85.